The van der Waals surface area contributed by atoms with Crippen LogP contribution in [-0.2, 0) is 0 Å². The number of thioether (sulfide) groups is 1. The fourth-order valence-electron chi connectivity index (χ4n) is 2.65. The van der Waals surface area contributed by atoms with E-state index < -0.39 is 12.0 Å². The van der Waals surface area contributed by atoms with Crippen LogP contribution in [0.5, 0.6) is 0 Å². The maximum atomic E-state index is 12.2. The maximum Gasteiger partial charge on any atom is 0.335 e. The highest BCUT2D eigenvalue weighted by Gasteiger charge is 2.09. The van der Waals surface area contributed by atoms with Crippen molar-refractivity contribution in [1.29, 1.82) is 0 Å². The molecule has 3 rings (SSSR count). The number of carboxylic acid groups (broad SMARTS) is 1. The Morgan fingerprint density at radius 2 is 1.61 bits per heavy atom. The molecule has 0 unspecified atom stereocenters. The molecule has 0 fully saturated rings. The maximum absolute atomic E-state index is 12.2. The molecule has 160 valence electrons. The van der Waals surface area contributed by atoms with Gasteiger partial charge in [-0.05, 0) is 54.8 Å². The Morgan fingerprint density at radius 1 is 1.00 bits per heavy atom. The van der Waals surface area contributed by atoms with Crippen molar-refractivity contribution >= 4 is 41.0 Å². The average molecular weight is 439 g/mol. The summed E-state index contributed by atoms with van der Waals surface area (Å²) in [7, 11) is 0. The predicted molar refractivity (Wildman–Crippen MR) is 121 cm³/mol. The average Bonchev–Trinajstić information content (AvgIpc) is 2.78. The van der Waals surface area contributed by atoms with Crippen LogP contribution in [-0.4, -0.2) is 51.6 Å². The van der Waals surface area contributed by atoms with E-state index in [1.54, 1.807) is 30.5 Å². The van der Waals surface area contributed by atoms with Crippen LogP contribution in [0.2, 0.25) is 0 Å². The zero-order chi connectivity index (χ0) is 22.2. The van der Waals surface area contributed by atoms with E-state index in [9.17, 15) is 9.59 Å². The minimum absolute atomic E-state index is 0.000704. The number of rotatable bonds is 8. The molecule has 0 saturated heterocycles. The Bertz CT molecular complexity index is 1060. The van der Waals surface area contributed by atoms with Crippen molar-refractivity contribution in [1.82, 2.24) is 9.97 Å². The minimum atomic E-state index is -1.03. The van der Waals surface area contributed by atoms with Crippen LogP contribution in [0.1, 0.15) is 10.4 Å². The fourth-order valence-corrected chi connectivity index (χ4v) is 3.12. The molecule has 1 aromatic heterocycles. The number of hydrogen-bond donors (Lipinski definition) is 5. The molecule has 0 saturated carbocycles. The molecular weight excluding hydrogens is 418 g/mol. The standard InChI is InChI=1S/C21H21N5O4S/c1-31-17-12-23-18(26-19(17)22-10-11-27)13-2-6-15(7-3-13)24-21(30)25-16-8-4-14(5-9-16)20(28)29/h2-9,12,27H,10-11H2,1H3,(H,28,29)(H,22,23,26)(H2,24,25,30). The molecule has 0 bridgehead atoms. The van der Waals surface area contributed by atoms with Gasteiger partial charge in [-0.25, -0.2) is 19.6 Å². The number of carboxylic acids is 1. The summed E-state index contributed by atoms with van der Waals surface area (Å²) in [6.45, 7) is 0.389. The monoisotopic (exact) mass is 439 g/mol. The molecule has 3 aromatic rings. The minimum Gasteiger partial charge on any atom is -0.478 e. The third-order valence-corrected chi connectivity index (χ3v) is 4.91. The van der Waals surface area contributed by atoms with E-state index in [0.717, 1.165) is 10.5 Å². The number of nitrogens with zero attached hydrogens (tertiary/aromatic N) is 2. The van der Waals surface area contributed by atoms with Gasteiger partial charge in [0.1, 0.15) is 5.82 Å². The lowest BCUT2D eigenvalue weighted by Gasteiger charge is -2.11. The van der Waals surface area contributed by atoms with Gasteiger partial charge in [0.25, 0.3) is 0 Å². The van der Waals surface area contributed by atoms with Crippen LogP contribution >= 0.6 is 11.8 Å². The number of aliphatic hydroxyl groups excluding tert-OH is 1. The van der Waals surface area contributed by atoms with Crippen molar-refractivity contribution in [3.63, 3.8) is 0 Å². The number of aromatic carboxylic acids is 1. The highest BCUT2D eigenvalue weighted by molar-refractivity contribution is 7.98. The summed E-state index contributed by atoms with van der Waals surface area (Å²) < 4.78 is 0. The highest BCUT2D eigenvalue weighted by atomic mass is 32.2. The van der Waals surface area contributed by atoms with Crippen molar-refractivity contribution in [3.8, 4) is 11.4 Å². The normalized spacial score (nSPS) is 10.4. The smallest absolute Gasteiger partial charge is 0.335 e. The van der Waals surface area contributed by atoms with E-state index >= 15 is 0 Å². The number of carbonyl (C=O) groups is 2. The van der Waals surface area contributed by atoms with Crippen molar-refractivity contribution in [2.24, 2.45) is 0 Å². The summed E-state index contributed by atoms with van der Waals surface area (Å²) >= 11 is 1.51. The molecule has 0 atom stereocenters. The van der Waals surface area contributed by atoms with Gasteiger partial charge in [-0.1, -0.05) is 0 Å². The molecule has 31 heavy (non-hydrogen) atoms. The Balaban J connectivity index is 1.65. The van der Waals surface area contributed by atoms with E-state index in [1.165, 1.54) is 36.0 Å². The largest absolute Gasteiger partial charge is 0.478 e. The first kappa shape index (κ1) is 22.1. The van der Waals surface area contributed by atoms with E-state index in [2.05, 4.69) is 25.9 Å². The molecule has 0 aliphatic carbocycles. The molecule has 0 aliphatic rings. The van der Waals surface area contributed by atoms with Crippen molar-refractivity contribution < 1.29 is 19.8 Å². The zero-order valence-corrected chi connectivity index (χ0v) is 17.4. The first-order chi connectivity index (χ1) is 15.0. The molecule has 2 amide bonds. The molecule has 1 heterocycles. The summed E-state index contributed by atoms with van der Waals surface area (Å²) in [6.07, 6.45) is 3.65. The van der Waals surface area contributed by atoms with E-state index in [-0.39, 0.29) is 12.2 Å². The lowest BCUT2D eigenvalue weighted by Crippen LogP contribution is -2.19. The summed E-state index contributed by atoms with van der Waals surface area (Å²) in [5.74, 6) is 0.147. The SMILES string of the molecule is CSc1cnc(-c2ccc(NC(=O)Nc3ccc(C(=O)O)cc3)cc2)nc1NCCO. The first-order valence-corrected chi connectivity index (χ1v) is 10.5. The lowest BCUT2D eigenvalue weighted by atomic mass is 10.2. The fraction of sp³-hybridized carbons (Fsp3) is 0.143. The Morgan fingerprint density at radius 3 is 2.16 bits per heavy atom. The van der Waals surface area contributed by atoms with Crippen LogP contribution < -0.4 is 16.0 Å². The van der Waals surface area contributed by atoms with Crippen molar-refractivity contribution in [3.05, 3.63) is 60.3 Å². The summed E-state index contributed by atoms with van der Waals surface area (Å²) in [6, 6.07) is 12.5. The second kappa shape index (κ2) is 10.4. The second-order valence-corrected chi connectivity index (χ2v) is 7.15. The van der Waals surface area contributed by atoms with Gasteiger partial charge in [-0.15, -0.1) is 11.8 Å². The lowest BCUT2D eigenvalue weighted by molar-refractivity contribution is 0.0697. The summed E-state index contributed by atoms with van der Waals surface area (Å²) in [5.41, 5.74) is 1.96. The van der Waals surface area contributed by atoms with Gasteiger partial charge in [0, 0.05) is 29.7 Å². The Hall–Kier alpha value is -3.63. The van der Waals surface area contributed by atoms with Crippen LogP contribution in [0.4, 0.5) is 22.0 Å². The number of urea groups is 1. The number of carbonyl (C=O) groups excluding carboxylic acids is 1. The molecule has 0 spiro atoms. The Kier molecular flexibility index (Phi) is 7.41. The van der Waals surface area contributed by atoms with E-state index in [1.807, 2.05) is 6.26 Å². The third kappa shape index (κ3) is 5.93. The highest BCUT2D eigenvalue weighted by Crippen LogP contribution is 2.26. The summed E-state index contributed by atoms with van der Waals surface area (Å²) in [5, 5.41) is 26.4. The Labute approximate surface area is 182 Å². The first-order valence-electron chi connectivity index (χ1n) is 9.27. The number of nitrogens with one attached hydrogen (secondary N) is 3. The predicted octanol–water partition coefficient (Wildman–Crippen LogP) is 3.61. The van der Waals surface area contributed by atoms with Gasteiger partial charge in [0.15, 0.2) is 5.82 Å². The molecular formula is C21H21N5O4S. The molecule has 9 nitrogen and oxygen atoms in total. The van der Waals surface area contributed by atoms with Crippen LogP contribution in [0.15, 0.2) is 59.6 Å². The van der Waals surface area contributed by atoms with Gasteiger partial charge in [0.2, 0.25) is 0 Å². The molecule has 2 aromatic carbocycles. The quantitative estimate of drug-likeness (QED) is 0.336. The van der Waals surface area contributed by atoms with Gasteiger partial charge in [-0.2, -0.15) is 0 Å². The number of aliphatic hydroxyl groups is 1. The number of benzene rings is 2. The van der Waals surface area contributed by atoms with Gasteiger partial charge >= 0.3 is 12.0 Å². The zero-order valence-electron chi connectivity index (χ0n) is 16.6. The topological polar surface area (TPSA) is 136 Å². The molecule has 10 heteroatoms. The van der Waals surface area contributed by atoms with E-state index in [4.69, 9.17) is 10.2 Å². The van der Waals surface area contributed by atoms with Crippen molar-refractivity contribution in [2.45, 2.75) is 4.90 Å². The van der Waals surface area contributed by atoms with Crippen LogP contribution in [0.3, 0.4) is 0 Å². The van der Waals surface area contributed by atoms with Crippen molar-refractivity contribution in [2.75, 3.05) is 35.4 Å². The molecule has 5 N–H and O–H groups in total. The number of aromatic nitrogens is 2. The van der Waals surface area contributed by atoms with Crippen LogP contribution in [0, 0.1) is 0 Å². The van der Waals surface area contributed by atoms with Crippen LogP contribution in [0.25, 0.3) is 11.4 Å². The third-order valence-electron chi connectivity index (χ3n) is 4.17. The second-order valence-electron chi connectivity index (χ2n) is 6.30. The number of hydrogen-bond acceptors (Lipinski definition) is 7. The number of amides is 2. The van der Waals surface area contributed by atoms with Gasteiger partial charge < -0.3 is 26.2 Å². The molecule has 0 radical (unpaired) electrons. The van der Waals surface area contributed by atoms with Gasteiger partial charge in [0.05, 0.1) is 17.1 Å². The number of anilines is 3. The van der Waals surface area contributed by atoms with E-state index in [0.29, 0.717) is 29.6 Å². The van der Waals surface area contributed by atoms with Gasteiger partial charge in [-0.3, -0.25) is 0 Å². The molecule has 0 aliphatic heterocycles. The summed E-state index contributed by atoms with van der Waals surface area (Å²) in [4.78, 5) is 32.8.